The van der Waals surface area contributed by atoms with Crippen molar-refractivity contribution in [3.8, 4) is 5.75 Å². The topological polar surface area (TPSA) is 35.2 Å². The van der Waals surface area contributed by atoms with E-state index in [1.165, 1.54) is 5.56 Å². The molecule has 0 aliphatic carbocycles. The van der Waals surface area contributed by atoms with E-state index >= 15 is 0 Å². The predicted octanol–water partition coefficient (Wildman–Crippen LogP) is 1.51. The first kappa shape index (κ1) is 7.62. The van der Waals surface area contributed by atoms with Crippen LogP contribution >= 0.6 is 0 Å². The molecule has 2 N–H and O–H groups in total. The zero-order valence-electron chi connectivity index (χ0n) is 7.16. The standard InChI is InChI=1S/C10H13NO/c1-7-8-4-2-3-5-10(8)12-6-9(7)11/h2-5,7,9H,6,11H2,1H3. The molecule has 0 bridgehead atoms. The number of nitrogens with two attached hydrogens (primary N) is 1. The Labute approximate surface area is 72.3 Å². The van der Waals surface area contributed by atoms with E-state index in [0.717, 1.165) is 5.75 Å². The molecule has 1 aromatic carbocycles. The van der Waals surface area contributed by atoms with Crippen LogP contribution in [0.2, 0.25) is 0 Å². The second-order valence-electron chi connectivity index (χ2n) is 3.30. The van der Waals surface area contributed by atoms with Crippen molar-refractivity contribution in [3.05, 3.63) is 29.8 Å². The predicted molar refractivity (Wildman–Crippen MR) is 48.3 cm³/mol. The van der Waals surface area contributed by atoms with Gasteiger partial charge in [-0.1, -0.05) is 25.1 Å². The van der Waals surface area contributed by atoms with Crippen LogP contribution in [0.1, 0.15) is 18.4 Å². The fraction of sp³-hybridized carbons (Fsp3) is 0.400. The van der Waals surface area contributed by atoms with Crippen LogP contribution in [-0.2, 0) is 0 Å². The highest BCUT2D eigenvalue weighted by molar-refractivity contribution is 5.38. The summed E-state index contributed by atoms with van der Waals surface area (Å²) in [7, 11) is 0. The minimum absolute atomic E-state index is 0.139. The summed E-state index contributed by atoms with van der Waals surface area (Å²) in [6.45, 7) is 2.78. The van der Waals surface area contributed by atoms with E-state index in [1.54, 1.807) is 0 Å². The van der Waals surface area contributed by atoms with Gasteiger partial charge >= 0.3 is 0 Å². The summed E-state index contributed by atoms with van der Waals surface area (Å²) in [5.41, 5.74) is 7.10. The number of rotatable bonds is 0. The van der Waals surface area contributed by atoms with E-state index < -0.39 is 0 Å². The van der Waals surface area contributed by atoms with Crippen molar-refractivity contribution in [1.29, 1.82) is 0 Å². The maximum atomic E-state index is 5.87. The minimum atomic E-state index is 0.139. The second kappa shape index (κ2) is 2.79. The van der Waals surface area contributed by atoms with Crippen LogP contribution in [-0.4, -0.2) is 12.6 Å². The van der Waals surface area contributed by atoms with E-state index in [9.17, 15) is 0 Å². The second-order valence-corrected chi connectivity index (χ2v) is 3.30. The van der Waals surface area contributed by atoms with Crippen LogP contribution in [0, 0.1) is 0 Å². The molecule has 64 valence electrons. The molecule has 1 aromatic rings. The van der Waals surface area contributed by atoms with Gasteiger partial charge in [0.05, 0.1) is 0 Å². The smallest absolute Gasteiger partial charge is 0.122 e. The molecule has 2 heteroatoms. The zero-order valence-corrected chi connectivity index (χ0v) is 7.16. The maximum absolute atomic E-state index is 5.87. The van der Waals surface area contributed by atoms with Crippen LogP contribution in [0.25, 0.3) is 0 Å². The molecule has 1 heterocycles. The van der Waals surface area contributed by atoms with Gasteiger partial charge in [-0.3, -0.25) is 0 Å². The number of hydrogen-bond acceptors (Lipinski definition) is 2. The van der Waals surface area contributed by atoms with Crippen LogP contribution in [0.3, 0.4) is 0 Å². The third kappa shape index (κ3) is 1.08. The van der Waals surface area contributed by atoms with Gasteiger partial charge in [-0.25, -0.2) is 0 Å². The molecule has 0 amide bonds. The van der Waals surface area contributed by atoms with Gasteiger partial charge in [-0.2, -0.15) is 0 Å². The summed E-state index contributed by atoms with van der Waals surface area (Å²) in [5.74, 6) is 1.40. The van der Waals surface area contributed by atoms with Gasteiger partial charge < -0.3 is 10.5 Å². The molecule has 0 aromatic heterocycles. The zero-order chi connectivity index (χ0) is 8.55. The number of para-hydroxylation sites is 1. The lowest BCUT2D eigenvalue weighted by atomic mass is 9.92. The molecule has 0 saturated carbocycles. The molecule has 2 unspecified atom stereocenters. The Kier molecular flexibility index (Phi) is 1.77. The van der Waals surface area contributed by atoms with Crippen LogP contribution in [0.15, 0.2) is 24.3 Å². The number of benzene rings is 1. The molecule has 1 aliphatic rings. The van der Waals surface area contributed by atoms with Crippen molar-refractivity contribution in [1.82, 2.24) is 0 Å². The maximum Gasteiger partial charge on any atom is 0.122 e. The normalized spacial score (nSPS) is 27.5. The Morgan fingerprint density at radius 3 is 3.00 bits per heavy atom. The Hall–Kier alpha value is -1.02. The summed E-state index contributed by atoms with van der Waals surface area (Å²) in [5, 5.41) is 0. The lowest BCUT2D eigenvalue weighted by Crippen LogP contribution is -2.36. The van der Waals surface area contributed by atoms with Gasteiger partial charge in [-0.15, -0.1) is 0 Å². The molecule has 12 heavy (non-hydrogen) atoms. The summed E-state index contributed by atoms with van der Waals surface area (Å²) < 4.78 is 5.48. The van der Waals surface area contributed by atoms with E-state index in [2.05, 4.69) is 13.0 Å². The van der Waals surface area contributed by atoms with Crippen LogP contribution in [0.4, 0.5) is 0 Å². The summed E-state index contributed by atoms with van der Waals surface area (Å²) >= 11 is 0. The van der Waals surface area contributed by atoms with Crippen LogP contribution in [0.5, 0.6) is 5.75 Å². The fourth-order valence-corrected chi connectivity index (χ4v) is 1.55. The van der Waals surface area contributed by atoms with Gasteiger partial charge in [0.15, 0.2) is 0 Å². The highest BCUT2D eigenvalue weighted by Gasteiger charge is 2.23. The lowest BCUT2D eigenvalue weighted by Gasteiger charge is -2.28. The Bertz CT molecular complexity index is 285. The quantitative estimate of drug-likeness (QED) is 0.629. The average molecular weight is 163 g/mol. The minimum Gasteiger partial charge on any atom is -0.492 e. The van der Waals surface area contributed by atoms with E-state index in [0.29, 0.717) is 12.5 Å². The van der Waals surface area contributed by atoms with Crippen molar-refractivity contribution >= 4 is 0 Å². The fourth-order valence-electron chi connectivity index (χ4n) is 1.55. The largest absolute Gasteiger partial charge is 0.492 e. The van der Waals surface area contributed by atoms with Crippen LogP contribution < -0.4 is 10.5 Å². The molecule has 2 nitrogen and oxygen atoms in total. The van der Waals surface area contributed by atoms with Crippen molar-refractivity contribution in [2.45, 2.75) is 18.9 Å². The van der Waals surface area contributed by atoms with Crippen molar-refractivity contribution in [3.63, 3.8) is 0 Å². The van der Waals surface area contributed by atoms with Crippen molar-refractivity contribution in [2.24, 2.45) is 5.73 Å². The molecular weight excluding hydrogens is 150 g/mol. The van der Waals surface area contributed by atoms with Gasteiger partial charge in [0.1, 0.15) is 12.4 Å². The molecule has 0 saturated heterocycles. The molecule has 0 spiro atoms. The SMILES string of the molecule is CC1c2ccccc2OCC1N. The number of fused-ring (bicyclic) bond motifs is 1. The molecule has 1 aliphatic heterocycles. The molecule has 0 radical (unpaired) electrons. The van der Waals surface area contributed by atoms with Crippen molar-refractivity contribution < 1.29 is 4.74 Å². The van der Waals surface area contributed by atoms with Gasteiger partial charge in [-0.05, 0) is 11.6 Å². The number of ether oxygens (including phenoxy) is 1. The lowest BCUT2D eigenvalue weighted by molar-refractivity contribution is 0.244. The summed E-state index contributed by atoms with van der Waals surface area (Å²) in [4.78, 5) is 0. The number of hydrogen-bond donors (Lipinski definition) is 1. The van der Waals surface area contributed by atoms with Crippen molar-refractivity contribution in [2.75, 3.05) is 6.61 Å². The van der Waals surface area contributed by atoms with E-state index in [1.807, 2.05) is 18.2 Å². The molecular formula is C10H13NO. The van der Waals surface area contributed by atoms with E-state index in [-0.39, 0.29) is 6.04 Å². The highest BCUT2D eigenvalue weighted by Crippen LogP contribution is 2.31. The Balaban J connectivity index is 2.42. The third-order valence-corrected chi connectivity index (χ3v) is 2.48. The first-order valence-electron chi connectivity index (χ1n) is 4.26. The summed E-state index contributed by atoms with van der Waals surface area (Å²) in [6.07, 6.45) is 0. The average Bonchev–Trinajstić information content (AvgIpc) is 2.12. The van der Waals surface area contributed by atoms with Gasteiger partial charge in [0.25, 0.3) is 0 Å². The Morgan fingerprint density at radius 2 is 2.17 bits per heavy atom. The first-order chi connectivity index (χ1) is 5.79. The van der Waals surface area contributed by atoms with Gasteiger partial charge in [0.2, 0.25) is 0 Å². The first-order valence-corrected chi connectivity index (χ1v) is 4.26. The van der Waals surface area contributed by atoms with E-state index in [4.69, 9.17) is 10.5 Å². The van der Waals surface area contributed by atoms with Gasteiger partial charge in [0, 0.05) is 12.0 Å². The summed E-state index contributed by atoms with van der Waals surface area (Å²) in [6, 6.07) is 8.23. The monoisotopic (exact) mass is 163 g/mol. The highest BCUT2D eigenvalue weighted by atomic mass is 16.5. The molecule has 2 rings (SSSR count). The third-order valence-electron chi connectivity index (χ3n) is 2.48. The molecule has 0 fully saturated rings. The Morgan fingerprint density at radius 1 is 1.42 bits per heavy atom. The molecule has 2 atom stereocenters.